The Morgan fingerprint density at radius 3 is 2.58 bits per heavy atom. The molecule has 1 heterocycles. The van der Waals surface area contributed by atoms with Gasteiger partial charge in [-0.25, -0.2) is 12.7 Å². The Morgan fingerprint density at radius 2 is 2.04 bits per heavy atom. The van der Waals surface area contributed by atoms with Crippen LogP contribution in [0.5, 0.6) is 5.75 Å². The second-order valence-electron chi connectivity index (χ2n) is 6.04. The fourth-order valence-electron chi connectivity index (χ4n) is 2.71. The van der Waals surface area contributed by atoms with E-state index in [-0.39, 0.29) is 23.8 Å². The minimum atomic E-state index is -4.10. The standard InChI is InChI=1S/C16H22N2O5S/c1-10(2)17-16(20)13-6-8-15(19)18(13)24(21,22)12-5-7-14(23-4)11(3)9-12/h5,7,9-10,13H,6,8H2,1-4H3,(H,17,20)/t13-/m1/s1. The van der Waals surface area contributed by atoms with Gasteiger partial charge in [0.25, 0.3) is 10.0 Å². The molecule has 1 saturated heterocycles. The monoisotopic (exact) mass is 354 g/mol. The van der Waals surface area contributed by atoms with E-state index in [1.807, 2.05) is 0 Å². The van der Waals surface area contributed by atoms with Crippen LogP contribution in [0.2, 0.25) is 0 Å². The van der Waals surface area contributed by atoms with Gasteiger partial charge in [0.1, 0.15) is 11.8 Å². The summed E-state index contributed by atoms with van der Waals surface area (Å²) in [7, 11) is -2.61. The van der Waals surface area contributed by atoms with Crippen molar-refractivity contribution in [2.45, 2.75) is 50.6 Å². The number of amides is 2. The first-order chi connectivity index (χ1) is 11.2. The summed E-state index contributed by atoms with van der Waals surface area (Å²) >= 11 is 0. The van der Waals surface area contributed by atoms with E-state index >= 15 is 0 Å². The third-order valence-corrected chi connectivity index (χ3v) is 5.64. The number of nitrogens with one attached hydrogen (secondary N) is 1. The van der Waals surface area contributed by atoms with Gasteiger partial charge in [0.15, 0.2) is 0 Å². The number of ether oxygens (including phenoxy) is 1. The molecule has 0 aliphatic carbocycles. The van der Waals surface area contributed by atoms with Crippen LogP contribution in [0.25, 0.3) is 0 Å². The van der Waals surface area contributed by atoms with Crippen molar-refractivity contribution in [2.75, 3.05) is 7.11 Å². The summed E-state index contributed by atoms with van der Waals surface area (Å²) in [6.45, 7) is 5.27. The first-order valence-corrected chi connectivity index (χ1v) is 9.14. The number of carbonyl (C=O) groups excluding carboxylic acids is 2. The Balaban J connectivity index is 2.40. The molecule has 1 aliphatic heterocycles. The van der Waals surface area contributed by atoms with Crippen molar-refractivity contribution < 1.29 is 22.7 Å². The van der Waals surface area contributed by atoms with Gasteiger partial charge in [0.2, 0.25) is 11.8 Å². The van der Waals surface area contributed by atoms with Crippen molar-refractivity contribution in [1.29, 1.82) is 0 Å². The first-order valence-electron chi connectivity index (χ1n) is 7.70. The average molecular weight is 354 g/mol. The summed E-state index contributed by atoms with van der Waals surface area (Å²) in [5.74, 6) is -0.465. The van der Waals surface area contributed by atoms with Gasteiger partial charge in [-0.2, -0.15) is 0 Å². The van der Waals surface area contributed by atoms with Crippen molar-refractivity contribution in [1.82, 2.24) is 9.62 Å². The van der Waals surface area contributed by atoms with Crippen LogP contribution in [0.3, 0.4) is 0 Å². The minimum absolute atomic E-state index is 0.0293. The predicted molar refractivity (Wildman–Crippen MR) is 88.1 cm³/mol. The average Bonchev–Trinajstić information content (AvgIpc) is 2.89. The Kier molecular flexibility index (Phi) is 5.17. The fourth-order valence-corrected chi connectivity index (χ4v) is 4.39. The van der Waals surface area contributed by atoms with Crippen molar-refractivity contribution >= 4 is 21.8 Å². The molecule has 1 fully saturated rings. The predicted octanol–water partition coefficient (Wildman–Crippen LogP) is 1.21. The number of aryl methyl sites for hydroxylation is 1. The number of carbonyl (C=O) groups is 2. The minimum Gasteiger partial charge on any atom is -0.496 e. The molecule has 0 bridgehead atoms. The third-order valence-electron chi connectivity index (χ3n) is 3.82. The summed E-state index contributed by atoms with van der Waals surface area (Å²) in [6, 6.07) is 3.21. The van der Waals surface area contributed by atoms with Crippen LogP contribution in [0.15, 0.2) is 23.1 Å². The molecule has 0 spiro atoms. The van der Waals surface area contributed by atoms with Crippen LogP contribution < -0.4 is 10.1 Å². The Bertz CT molecular complexity index is 758. The molecule has 7 nitrogen and oxygen atoms in total. The largest absolute Gasteiger partial charge is 0.496 e. The van der Waals surface area contributed by atoms with Crippen LogP contribution >= 0.6 is 0 Å². The summed E-state index contributed by atoms with van der Waals surface area (Å²) in [5, 5.41) is 2.67. The molecule has 8 heteroatoms. The van der Waals surface area contributed by atoms with Gasteiger partial charge in [0.05, 0.1) is 12.0 Å². The van der Waals surface area contributed by atoms with E-state index < -0.39 is 27.9 Å². The van der Waals surface area contributed by atoms with Gasteiger partial charge in [-0.3, -0.25) is 9.59 Å². The van der Waals surface area contributed by atoms with Gasteiger partial charge in [-0.1, -0.05) is 0 Å². The van der Waals surface area contributed by atoms with E-state index in [1.165, 1.54) is 25.3 Å². The van der Waals surface area contributed by atoms with E-state index in [9.17, 15) is 18.0 Å². The lowest BCUT2D eigenvalue weighted by Gasteiger charge is -2.24. The van der Waals surface area contributed by atoms with Crippen molar-refractivity contribution in [2.24, 2.45) is 0 Å². The lowest BCUT2D eigenvalue weighted by atomic mass is 10.2. The van der Waals surface area contributed by atoms with E-state index in [4.69, 9.17) is 4.74 Å². The maximum absolute atomic E-state index is 12.9. The number of rotatable bonds is 5. The maximum Gasteiger partial charge on any atom is 0.267 e. The molecule has 2 rings (SSSR count). The topological polar surface area (TPSA) is 92.8 Å². The number of hydrogen-bond acceptors (Lipinski definition) is 5. The smallest absolute Gasteiger partial charge is 0.267 e. The van der Waals surface area contributed by atoms with Gasteiger partial charge in [-0.15, -0.1) is 0 Å². The van der Waals surface area contributed by atoms with Crippen LogP contribution in [-0.2, 0) is 19.6 Å². The molecule has 1 aromatic rings. The van der Waals surface area contributed by atoms with Gasteiger partial charge >= 0.3 is 0 Å². The molecule has 0 aromatic heterocycles. The zero-order valence-electron chi connectivity index (χ0n) is 14.2. The summed E-state index contributed by atoms with van der Waals surface area (Å²) in [5.41, 5.74) is 0.633. The van der Waals surface area contributed by atoms with E-state index in [2.05, 4.69) is 5.32 Å². The Labute approximate surface area is 142 Å². The molecule has 132 valence electrons. The highest BCUT2D eigenvalue weighted by atomic mass is 32.2. The van der Waals surface area contributed by atoms with Crippen LogP contribution in [-0.4, -0.2) is 43.7 Å². The molecule has 0 saturated carbocycles. The van der Waals surface area contributed by atoms with Gasteiger partial charge < -0.3 is 10.1 Å². The SMILES string of the molecule is COc1ccc(S(=O)(=O)N2C(=O)CC[C@@H]2C(=O)NC(C)C)cc1C. The fraction of sp³-hybridized carbons (Fsp3) is 0.500. The number of hydrogen-bond donors (Lipinski definition) is 1. The molecule has 1 aliphatic rings. The van der Waals surface area contributed by atoms with E-state index in [1.54, 1.807) is 20.8 Å². The number of methoxy groups -OCH3 is 1. The van der Waals surface area contributed by atoms with Crippen LogP contribution in [0.1, 0.15) is 32.3 Å². The zero-order chi connectivity index (χ0) is 18.1. The highest BCUT2D eigenvalue weighted by molar-refractivity contribution is 7.89. The second-order valence-corrected chi connectivity index (χ2v) is 7.86. The molecular formula is C16H22N2O5S. The molecule has 2 amide bonds. The number of sulfonamides is 1. The zero-order valence-corrected chi connectivity index (χ0v) is 15.0. The maximum atomic E-state index is 12.9. The lowest BCUT2D eigenvalue weighted by molar-refractivity contribution is -0.130. The van der Waals surface area contributed by atoms with Crippen molar-refractivity contribution in [3.05, 3.63) is 23.8 Å². The second kappa shape index (κ2) is 6.80. The normalized spacial score (nSPS) is 18.1. The van der Waals surface area contributed by atoms with E-state index in [0.29, 0.717) is 15.6 Å². The third kappa shape index (κ3) is 3.38. The molecule has 0 unspecified atom stereocenters. The van der Waals surface area contributed by atoms with Crippen LogP contribution in [0.4, 0.5) is 0 Å². The Hall–Kier alpha value is -2.09. The van der Waals surface area contributed by atoms with E-state index in [0.717, 1.165) is 0 Å². The Morgan fingerprint density at radius 1 is 1.38 bits per heavy atom. The van der Waals surface area contributed by atoms with Gasteiger partial charge in [0, 0.05) is 12.5 Å². The molecule has 1 aromatic carbocycles. The quantitative estimate of drug-likeness (QED) is 0.858. The first kappa shape index (κ1) is 18.3. The number of benzene rings is 1. The van der Waals surface area contributed by atoms with Crippen molar-refractivity contribution in [3.63, 3.8) is 0 Å². The molecule has 24 heavy (non-hydrogen) atoms. The van der Waals surface area contributed by atoms with Crippen LogP contribution in [0, 0.1) is 6.92 Å². The molecular weight excluding hydrogens is 332 g/mol. The summed E-state index contributed by atoms with van der Waals surface area (Å²) < 4.78 is 31.6. The van der Waals surface area contributed by atoms with Crippen molar-refractivity contribution in [3.8, 4) is 5.75 Å². The highest BCUT2D eigenvalue weighted by Gasteiger charge is 2.44. The molecule has 1 atom stereocenters. The molecule has 1 N–H and O–H groups in total. The van der Waals surface area contributed by atoms with Gasteiger partial charge in [-0.05, 0) is 51.0 Å². The summed E-state index contributed by atoms with van der Waals surface area (Å²) in [4.78, 5) is 24.4. The number of nitrogens with zero attached hydrogens (tertiary/aromatic N) is 1. The highest BCUT2D eigenvalue weighted by Crippen LogP contribution is 2.29. The molecule has 0 radical (unpaired) electrons. The lowest BCUT2D eigenvalue weighted by Crippen LogP contribution is -2.48. The summed E-state index contributed by atoms with van der Waals surface area (Å²) in [6.07, 6.45) is 0.219.